The normalized spacial score (nSPS) is 35.0. The van der Waals surface area contributed by atoms with Gasteiger partial charge in [-0.15, -0.1) is 0 Å². The number of carbonyl (C=O) groups is 1. The zero-order chi connectivity index (χ0) is 11.6. The maximum atomic E-state index is 12.4. The van der Waals surface area contributed by atoms with Gasteiger partial charge >= 0.3 is 0 Å². The van der Waals surface area contributed by atoms with E-state index in [-0.39, 0.29) is 17.5 Å². The van der Waals surface area contributed by atoms with E-state index in [2.05, 4.69) is 5.32 Å². The Bertz CT molecular complexity index is 256. The Morgan fingerprint density at radius 1 is 1.50 bits per heavy atom. The number of nitrogens with one attached hydrogen (secondary N) is 1. The van der Waals surface area contributed by atoms with Crippen LogP contribution in [0.2, 0.25) is 0 Å². The Hall–Kier alpha value is -0.610. The number of nitrogens with zero attached hydrogens (tertiary/aromatic N) is 1. The van der Waals surface area contributed by atoms with Crippen LogP contribution < -0.4 is 5.32 Å². The Balaban J connectivity index is 1.99. The maximum absolute atomic E-state index is 12.4. The van der Waals surface area contributed by atoms with Crippen LogP contribution in [0.15, 0.2) is 0 Å². The molecule has 2 fully saturated rings. The van der Waals surface area contributed by atoms with Gasteiger partial charge in [-0.2, -0.15) is 0 Å². The van der Waals surface area contributed by atoms with E-state index in [0.717, 1.165) is 32.4 Å². The molecule has 92 valence electrons. The highest BCUT2D eigenvalue weighted by molar-refractivity contribution is 5.86. The summed E-state index contributed by atoms with van der Waals surface area (Å²) in [6, 6.07) is 0.271. The summed E-state index contributed by atoms with van der Waals surface area (Å²) in [7, 11) is 1.91. The van der Waals surface area contributed by atoms with Gasteiger partial charge in [0.05, 0.1) is 18.2 Å². The summed E-state index contributed by atoms with van der Waals surface area (Å²) < 4.78 is 5.33. The second-order valence-corrected chi connectivity index (χ2v) is 5.15. The molecule has 0 radical (unpaired) electrons. The smallest absolute Gasteiger partial charge is 0.242 e. The van der Waals surface area contributed by atoms with Crippen molar-refractivity contribution in [2.75, 3.05) is 26.8 Å². The topological polar surface area (TPSA) is 41.6 Å². The molecule has 4 heteroatoms. The molecule has 1 amide bonds. The average molecular weight is 226 g/mol. The van der Waals surface area contributed by atoms with Gasteiger partial charge in [0.1, 0.15) is 0 Å². The molecule has 1 N–H and O–H groups in total. The fourth-order valence-electron chi connectivity index (χ4n) is 2.62. The van der Waals surface area contributed by atoms with Crippen molar-refractivity contribution in [1.29, 1.82) is 0 Å². The van der Waals surface area contributed by atoms with Gasteiger partial charge in [0.15, 0.2) is 0 Å². The lowest BCUT2D eigenvalue weighted by Gasteiger charge is -2.38. The lowest BCUT2D eigenvalue weighted by atomic mass is 9.89. The van der Waals surface area contributed by atoms with Crippen molar-refractivity contribution in [3.63, 3.8) is 0 Å². The summed E-state index contributed by atoms with van der Waals surface area (Å²) in [5.74, 6) is 0.225. The third kappa shape index (κ3) is 2.23. The third-order valence-electron chi connectivity index (χ3n) is 3.86. The zero-order valence-electron chi connectivity index (χ0n) is 10.3. The van der Waals surface area contributed by atoms with Crippen molar-refractivity contribution in [2.45, 2.75) is 44.2 Å². The van der Waals surface area contributed by atoms with Crippen molar-refractivity contribution < 1.29 is 9.53 Å². The number of rotatable bonds is 2. The molecule has 2 aliphatic rings. The largest absolute Gasteiger partial charge is 0.379 e. The van der Waals surface area contributed by atoms with Gasteiger partial charge in [-0.25, -0.2) is 0 Å². The van der Waals surface area contributed by atoms with Gasteiger partial charge in [-0.05, 0) is 39.2 Å². The van der Waals surface area contributed by atoms with Crippen molar-refractivity contribution in [2.24, 2.45) is 0 Å². The van der Waals surface area contributed by atoms with E-state index in [1.165, 1.54) is 6.42 Å². The minimum absolute atomic E-state index is 0.225. The van der Waals surface area contributed by atoms with E-state index in [1.54, 1.807) is 0 Å². The molecule has 2 aliphatic heterocycles. The van der Waals surface area contributed by atoms with Gasteiger partial charge in [-0.3, -0.25) is 4.79 Å². The molecule has 0 aromatic rings. The molecule has 0 aromatic heterocycles. The lowest BCUT2D eigenvalue weighted by molar-refractivity contribution is -0.139. The minimum atomic E-state index is -0.352. The highest BCUT2D eigenvalue weighted by atomic mass is 16.5. The minimum Gasteiger partial charge on any atom is -0.379 e. The van der Waals surface area contributed by atoms with Gasteiger partial charge in [0.2, 0.25) is 5.91 Å². The highest BCUT2D eigenvalue weighted by Crippen LogP contribution is 2.23. The summed E-state index contributed by atoms with van der Waals surface area (Å²) in [6.07, 6.45) is 4.24. The SMILES string of the molecule is CN(C(=O)C1(C)CCCCN1)C1CCOC1. The molecule has 2 atom stereocenters. The van der Waals surface area contributed by atoms with Crippen molar-refractivity contribution >= 4 is 5.91 Å². The first kappa shape index (κ1) is 11.9. The predicted molar refractivity (Wildman–Crippen MR) is 62.3 cm³/mol. The molecule has 0 bridgehead atoms. The van der Waals surface area contributed by atoms with E-state index in [0.29, 0.717) is 6.61 Å². The van der Waals surface area contributed by atoms with Gasteiger partial charge in [-0.1, -0.05) is 0 Å². The van der Waals surface area contributed by atoms with Crippen LogP contribution in [-0.2, 0) is 9.53 Å². The number of carbonyl (C=O) groups excluding carboxylic acids is 1. The molecule has 0 saturated carbocycles. The molecule has 2 unspecified atom stereocenters. The molecule has 0 spiro atoms. The molecule has 2 heterocycles. The van der Waals surface area contributed by atoms with Gasteiger partial charge < -0.3 is 15.0 Å². The number of hydrogen-bond acceptors (Lipinski definition) is 3. The average Bonchev–Trinajstić information content (AvgIpc) is 2.81. The predicted octanol–water partition coefficient (Wildman–Crippen LogP) is 0.766. The van der Waals surface area contributed by atoms with Crippen molar-refractivity contribution in [3.8, 4) is 0 Å². The fraction of sp³-hybridized carbons (Fsp3) is 0.917. The second-order valence-electron chi connectivity index (χ2n) is 5.15. The number of amides is 1. The number of ether oxygens (including phenoxy) is 1. The Morgan fingerprint density at radius 2 is 2.31 bits per heavy atom. The molecule has 2 saturated heterocycles. The van der Waals surface area contributed by atoms with E-state index in [9.17, 15) is 4.79 Å². The van der Waals surface area contributed by atoms with Crippen molar-refractivity contribution in [1.82, 2.24) is 10.2 Å². The first-order valence-electron chi connectivity index (χ1n) is 6.23. The zero-order valence-corrected chi connectivity index (χ0v) is 10.3. The van der Waals surface area contributed by atoms with E-state index in [4.69, 9.17) is 4.74 Å². The summed E-state index contributed by atoms with van der Waals surface area (Å²) >= 11 is 0. The summed E-state index contributed by atoms with van der Waals surface area (Å²) in [6.45, 7) is 4.46. The molecule has 2 rings (SSSR count). The first-order valence-corrected chi connectivity index (χ1v) is 6.23. The van der Waals surface area contributed by atoms with Gasteiger partial charge in [0, 0.05) is 13.7 Å². The third-order valence-corrected chi connectivity index (χ3v) is 3.86. The Morgan fingerprint density at radius 3 is 2.88 bits per heavy atom. The monoisotopic (exact) mass is 226 g/mol. The Labute approximate surface area is 97.3 Å². The molecular formula is C12H22N2O2. The summed E-state index contributed by atoms with van der Waals surface area (Å²) in [5, 5.41) is 3.37. The number of piperidine rings is 1. The number of likely N-dealkylation sites (N-methyl/N-ethyl adjacent to an activating group) is 1. The fourth-order valence-corrected chi connectivity index (χ4v) is 2.62. The van der Waals surface area contributed by atoms with Crippen LogP contribution >= 0.6 is 0 Å². The van der Waals surface area contributed by atoms with E-state index < -0.39 is 0 Å². The van der Waals surface area contributed by atoms with Crippen LogP contribution in [0.4, 0.5) is 0 Å². The summed E-state index contributed by atoms with van der Waals surface area (Å²) in [5.41, 5.74) is -0.352. The number of hydrogen-bond donors (Lipinski definition) is 1. The highest BCUT2D eigenvalue weighted by Gasteiger charge is 2.38. The van der Waals surface area contributed by atoms with Crippen LogP contribution in [0, 0.1) is 0 Å². The van der Waals surface area contributed by atoms with Gasteiger partial charge in [0.25, 0.3) is 0 Å². The molecular weight excluding hydrogens is 204 g/mol. The quantitative estimate of drug-likeness (QED) is 0.756. The molecule has 0 aliphatic carbocycles. The maximum Gasteiger partial charge on any atom is 0.242 e. The van der Waals surface area contributed by atoms with Crippen molar-refractivity contribution in [3.05, 3.63) is 0 Å². The standard InChI is InChI=1S/C12H22N2O2/c1-12(6-3-4-7-13-12)11(15)14(2)10-5-8-16-9-10/h10,13H,3-9H2,1-2H3. The van der Waals surface area contributed by atoms with Crippen LogP contribution in [-0.4, -0.2) is 49.2 Å². The van der Waals surface area contributed by atoms with Crippen LogP contribution in [0.1, 0.15) is 32.6 Å². The molecule has 16 heavy (non-hydrogen) atoms. The second kappa shape index (κ2) is 4.72. The van der Waals surface area contributed by atoms with Crippen LogP contribution in [0.25, 0.3) is 0 Å². The molecule has 0 aromatic carbocycles. The van der Waals surface area contributed by atoms with E-state index in [1.807, 2.05) is 18.9 Å². The van der Waals surface area contributed by atoms with Crippen LogP contribution in [0.3, 0.4) is 0 Å². The lowest BCUT2D eigenvalue weighted by Crippen LogP contribution is -2.59. The Kier molecular flexibility index (Phi) is 3.50. The first-order chi connectivity index (χ1) is 7.63. The molecule has 4 nitrogen and oxygen atoms in total. The summed E-state index contributed by atoms with van der Waals surface area (Å²) in [4.78, 5) is 14.3. The van der Waals surface area contributed by atoms with E-state index >= 15 is 0 Å². The van der Waals surface area contributed by atoms with Crippen LogP contribution in [0.5, 0.6) is 0 Å².